The number of hydrogen-bond donors (Lipinski definition) is 0. The van der Waals surface area contributed by atoms with Crippen molar-refractivity contribution in [2.45, 2.75) is 12.8 Å². The molecule has 2 aliphatic rings. The Morgan fingerprint density at radius 2 is 2.17 bits per heavy atom. The quantitative estimate of drug-likeness (QED) is 0.830. The van der Waals surface area contributed by atoms with E-state index in [2.05, 4.69) is 25.0 Å². The molecule has 2 saturated heterocycles. The molecule has 2 fully saturated rings. The van der Waals surface area contributed by atoms with Gasteiger partial charge in [0, 0.05) is 25.1 Å². The van der Waals surface area contributed by atoms with Crippen molar-refractivity contribution in [3.63, 3.8) is 0 Å². The first-order valence-electron chi connectivity index (χ1n) is 7.73. The maximum atomic E-state index is 5.78. The van der Waals surface area contributed by atoms with Gasteiger partial charge in [-0.25, -0.2) is 9.97 Å². The zero-order valence-corrected chi connectivity index (χ0v) is 13.2. The number of ether oxygens (including phenoxy) is 2. The van der Waals surface area contributed by atoms with Gasteiger partial charge in [0.1, 0.15) is 12.1 Å². The number of methoxy groups -OCH3 is 1. The summed E-state index contributed by atoms with van der Waals surface area (Å²) >= 11 is 0. The second-order valence-corrected chi connectivity index (χ2v) is 6.07. The van der Waals surface area contributed by atoms with Crippen LogP contribution in [0.25, 0.3) is 0 Å². The van der Waals surface area contributed by atoms with E-state index in [1.807, 2.05) is 13.0 Å². The van der Waals surface area contributed by atoms with Crippen molar-refractivity contribution in [2.24, 2.45) is 11.8 Å². The van der Waals surface area contributed by atoms with Gasteiger partial charge in [0.2, 0.25) is 11.8 Å². The van der Waals surface area contributed by atoms with E-state index in [0.29, 0.717) is 36.0 Å². The van der Waals surface area contributed by atoms with E-state index < -0.39 is 0 Å². The van der Waals surface area contributed by atoms with Gasteiger partial charge in [-0.1, -0.05) is 5.16 Å². The van der Waals surface area contributed by atoms with E-state index in [1.54, 1.807) is 7.11 Å². The Hall–Kier alpha value is -2.22. The van der Waals surface area contributed by atoms with Crippen LogP contribution in [0.1, 0.15) is 17.6 Å². The summed E-state index contributed by atoms with van der Waals surface area (Å²) in [6, 6.07) is 1.87. The Morgan fingerprint density at radius 1 is 1.26 bits per heavy atom. The Morgan fingerprint density at radius 3 is 2.96 bits per heavy atom. The van der Waals surface area contributed by atoms with Crippen LogP contribution >= 0.6 is 0 Å². The maximum absolute atomic E-state index is 5.78. The average molecular weight is 317 g/mol. The summed E-state index contributed by atoms with van der Waals surface area (Å²) in [5.41, 5.74) is 0. The minimum absolute atomic E-state index is 0.142. The molecule has 122 valence electrons. The van der Waals surface area contributed by atoms with Gasteiger partial charge >= 0.3 is 0 Å². The predicted molar refractivity (Wildman–Crippen MR) is 80.4 cm³/mol. The van der Waals surface area contributed by atoms with Crippen molar-refractivity contribution >= 4 is 5.82 Å². The van der Waals surface area contributed by atoms with E-state index in [-0.39, 0.29) is 5.92 Å². The molecular weight excluding hydrogens is 298 g/mol. The van der Waals surface area contributed by atoms with Crippen LogP contribution in [0.3, 0.4) is 0 Å². The minimum Gasteiger partial charge on any atom is -0.481 e. The molecule has 4 heterocycles. The number of anilines is 1. The number of aromatic nitrogens is 4. The van der Waals surface area contributed by atoms with Crippen LogP contribution in [0, 0.1) is 18.8 Å². The molecule has 8 nitrogen and oxygen atoms in total. The third-order valence-electron chi connectivity index (χ3n) is 4.66. The Bertz CT molecular complexity index is 691. The van der Waals surface area contributed by atoms with Crippen LogP contribution in [-0.4, -0.2) is 53.5 Å². The number of hydrogen-bond acceptors (Lipinski definition) is 8. The Labute approximate surface area is 133 Å². The molecule has 0 bridgehead atoms. The molecule has 0 N–H and O–H groups in total. The van der Waals surface area contributed by atoms with Gasteiger partial charge in [-0.3, -0.25) is 0 Å². The standard InChI is InChI=1S/C15H19N5O3/c1-9-18-15(23-19-9)12-7-22-6-10-4-20(5-11(10)12)13-3-14(21-2)17-8-16-13/h3,8,10-12H,4-7H2,1-2H3/t10-,11-,12+/m0/s1. The highest BCUT2D eigenvalue weighted by Crippen LogP contribution is 2.40. The number of rotatable bonds is 3. The molecule has 2 aliphatic heterocycles. The normalized spacial score (nSPS) is 27.0. The van der Waals surface area contributed by atoms with Gasteiger partial charge in [-0.2, -0.15) is 4.98 Å². The van der Waals surface area contributed by atoms with E-state index in [0.717, 1.165) is 25.5 Å². The molecule has 23 heavy (non-hydrogen) atoms. The van der Waals surface area contributed by atoms with Crippen molar-refractivity contribution in [1.82, 2.24) is 20.1 Å². The fourth-order valence-electron chi connectivity index (χ4n) is 3.52. The van der Waals surface area contributed by atoms with Crippen LogP contribution < -0.4 is 9.64 Å². The smallest absolute Gasteiger partial charge is 0.232 e. The summed E-state index contributed by atoms with van der Waals surface area (Å²) in [5, 5.41) is 3.91. The molecular formula is C15H19N5O3. The molecule has 2 aromatic rings. The summed E-state index contributed by atoms with van der Waals surface area (Å²) in [5.74, 6) is 3.80. The largest absolute Gasteiger partial charge is 0.481 e. The SMILES string of the molecule is COc1cc(N2C[C@H]3COC[C@@H](c4nc(C)no4)[C@H]3C2)ncn1. The number of nitrogens with zero attached hydrogens (tertiary/aromatic N) is 5. The third-order valence-corrected chi connectivity index (χ3v) is 4.66. The zero-order chi connectivity index (χ0) is 15.8. The van der Waals surface area contributed by atoms with E-state index in [1.165, 1.54) is 6.33 Å². The predicted octanol–water partition coefficient (Wildman–Crippen LogP) is 1.04. The number of aryl methyl sites for hydroxylation is 1. The molecule has 0 aliphatic carbocycles. The van der Waals surface area contributed by atoms with Crippen LogP contribution in [0.2, 0.25) is 0 Å². The lowest BCUT2D eigenvalue weighted by Crippen LogP contribution is -2.33. The lowest BCUT2D eigenvalue weighted by atomic mass is 9.83. The first-order chi connectivity index (χ1) is 11.2. The van der Waals surface area contributed by atoms with Crippen LogP contribution in [0.15, 0.2) is 16.9 Å². The summed E-state index contributed by atoms with van der Waals surface area (Å²) in [6.07, 6.45) is 1.53. The summed E-state index contributed by atoms with van der Waals surface area (Å²) in [6.45, 7) is 5.01. The Balaban J connectivity index is 1.57. The molecule has 0 saturated carbocycles. The van der Waals surface area contributed by atoms with Gasteiger partial charge in [0.25, 0.3) is 0 Å². The van der Waals surface area contributed by atoms with Crippen LogP contribution in [0.5, 0.6) is 5.88 Å². The van der Waals surface area contributed by atoms with Crippen molar-refractivity contribution in [3.05, 3.63) is 24.1 Å². The molecule has 3 atom stereocenters. The van der Waals surface area contributed by atoms with Gasteiger partial charge in [0.15, 0.2) is 5.82 Å². The fourth-order valence-corrected chi connectivity index (χ4v) is 3.52. The van der Waals surface area contributed by atoms with E-state index in [4.69, 9.17) is 14.0 Å². The molecule has 0 aromatic carbocycles. The van der Waals surface area contributed by atoms with Crippen molar-refractivity contribution < 1.29 is 14.0 Å². The van der Waals surface area contributed by atoms with Crippen LogP contribution in [0.4, 0.5) is 5.82 Å². The van der Waals surface area contributed by atoms with Crippen molar-refractivity contribution in [1.29, 1.82) is 0 Å². The molecule has 0 radical (unpaired) electrons. The number of fused-ring (bicyclic) bond motifs is 1. The summed E-state index contributed by atoms with van der Waals surface area (Å²) in [4.78, 5) is 15.1. The molecule has 0 unspecified atom stereocenters. The monoisotopic (exact) mass is 317 g/mol. The van der Waals surface area contributed by atoms with Crippen molar-refractivity contribution in [3.8, 4) is 5.88 Å². The minimum atomic E-state index is 0.142. The zero-order valence-electron chi connectivity index (χ0n) is 13.2. The van der Waals surface area contributed by atoms with Crippen molar-refractivity contribution in [2.75, 3.05) is 38.3 Å². The topological polar surface area (TPSA) is 86.4 Å². The Kier molecular flexibility index (Phi) is 3.60. The highest BCUT2D eigenvalue weighted by atomic mass is 16.5. The fraction of sp³-hybridized carbons (Fsp3) is 0.600. The van der Waals surface area contributed by atoms with E-state index >= 15 is 0 Å². The van der Waals surface area contributed by atoms with Crippen LogP contribution in [-0.2, 0) is 4.74 Å². The van der Waals surface area contributed by atoms with Gasteiger partial charge < -0.3 is 18.9 Å². The maximum Gasteiger partial charge on any atom is 0.232 e. The molecule has 2 aromatic heterocycles. The van der Waals surface area contributed by atoms with Gasteiger partial charge in [-0.15, -0.1) is 0 Å². The second-order valence-electron chi connectivity index (χ2n) is 6.07. The molecule has 8 heteroatoms. The highest BCUT2D eigenvalue weighted by Gasteiger charge is 2.44. The lowest BCUT2D eigenvalue weighted by molar-refractivity contribution is 0.00996. The highest BCUT2D eigenvalue weighted by molar-refractivity contribution is 5.42. The second kappa shape index (κ2) is 5.77. The summed E-state index contributed by atoms with van der Waals surface area (Å²) < 4.78 is 16.4. The molecule has 0 spiro atoms. The third kappa shape index (κ3) is 2.63. The summed E-state index contributed by atoms with van der Waals surface area (Å²) in [7, 11) is 1.61. The molecule has 0 amide bonds. The average Bonchev–Trinajstić information content (AvgIpc) is 3.20. The lowest BCUT2D eigenvalue weighted by Gasteiger charge is -2.30. The van der Waals surface area contributed by atoms with Gasteiger partial charge in [0.05, 0.1) is 26.2 Å². The first kappa shape index (κ1) is 14.4. The molecule has 4 rings (SSSR count). The van der Waals surface area contributed by atoms with Gasteiger partial charge in [-0.05, 0) is 12.8 Å². The first-order valence-corrected chi connectivity index (χ1v) is 7.73. The van der Waals surface area contributed by atoms with E-state index in [9.17, 15) is 0 Å².